The van der Waals surface area contributed by atoms with Gasteiger partial charge in [0.25, 0.3) is 5.56 Å². The van der Waals surface area contributed by atoms with Crippen molar-refractivity contribution in [3.63, 3.8) is 0 Å². The molecule has 1 N–H and O–H groups in total. The molecule has 0 fully saturated rings. The Balaban J connectivity index is 1.42. The number of aryl methyl sites for hydroxylation is 2. The molecule has 8 heteroatoms. The van der Waals surface area contributed by atoms with Gasteiger partial charge in [0, 0.05) is 32.2 Å². The predicted octanol–water partition coefficient (Wildman–Crippen LogP) is 2.84. The molecule has 5 rings (SSSR count). The van der Waals surface area contributed by atoms with Gasteiger partial charge < -0.3 is 14.6 Å². The van der Waals surface area contributed by atoms with Crippen molar-refractivity contribution >= 4 is 10.9 Å². The Hall–Kier alpha value is -3.88. The van der Waals surface area contributed by atoms with Crippen LogP contribution in [-0.4, -0.2) is 52.6 Å². The summed E-state index contributed by atoms with van der Waals surface area (Å²) in [6.45, 7) is 2.25. The van der Waals surface area contributed by atoms with Crippen molar-refractivity contribution in [2.75, 3.05) is 27.3 Å². The Labute approximate surface area is 221 Å². The molecule has 0 saturated heterocycles. The predicted molar refractivity (Wildman–Crippen MR) is 147 cm³/mol. The second-order valence-corrected chi connectivity index (χ2v) is 9.74. The molecule has 4 aromatic rings. The first-order chi connectivity index (χ1) is 18.5. The number of hydrogen-bond acceptors (Lipinski definition) is 6. The number of rotatable bonds is 9. The summed E-state index contributed by atoms with van der Waals surface area (Å²) in [5.74, 6) is 1.33. The van der Waals surface area contributed by atoms with Crippen molar-refractivity contribution in [1.82, 2.24) is 14.0 Å². The van der Waals surface area contributed by atoms with Crippen molar-refractivity contribution in [3.05, 3.63) is 104 Å². The second kappa shape index (κ2) is 11.2. The van der Waals surface area contributed by atoms with Gasteiger partial charge in [0.2, 0.25) is 0 Å². The van der Waals surface area contributed by atoms with Gasteiger partial charge in [-0.2, -0.15) is 0 Å². The summed E-state index contributed by atoms with van der Waals surface area (Å²) in [4.78, 5) is 29.2. The third-order valence-corrected chi connectivity index (χ3v) is 7.29. The minimum absolute atomic E-state index is 0.0691. The van der Waals surface area contributed by atoms with Crippen LogP contribution in [0.3, 0.4) is 0 Å². The topological polar surface area (TPSA) is 85.9 Å². The Kier molecular flexibility index (Phi) is 7.62. The molecule has 0 radical (unpaired) electrons. The maximum absolute atomic E-state index is 13.7. The highest BCUT2D eigenvalue weighted by Crippen LogP contribution is 2.20. The highest BCUT2D eigenvalue weighted by atomic mass is 16.5. The van der Waals surface area contributed by atoms with Crippen LogP contribution in [0.5, 0.6) is 11.5 Å². The number of β-amino-alcohol motifs (C(OH)–C–C–N with tert-alkyl or cyclic N) is 1. The molecule has 0 saturated carbocycles. The Bertz CT molecular complexity index is 1540. The lowest BCUT2D eigenvalue weighted by Crippen LogP contribution is -2.45. The van der Waals surface area contributed by atoms with Crippen molar-refractivity contribution in [2.45, 2.75) is 38.6 Å². The molecule has 3 aromatic carbocycles. The van der Waals surface area contributed by atoms with Crippen LogP contribution in [0.1, 0.15) is 16.7 Å². The Morgan fingerprint density at radius 3 is 2.32 bits per heavy atom. The minimum Gasteiger partial charge on any atom is -0.497 e. The van der Waals surface area contributed by atoms with Crippen LogP contribution in [-0.2, 0) is 32.5 Å². The summed E-state index contributed by atoms with van der Waals surface area (Å²) < 4.78 is 13.4. The first-order valence-electron chi connectivity index (χ1n) is 12.9. The fourth-order valence-corrected chi connectivity index (χ4v) is 5.21. The number of aliphatic hydroxyl groups is 1. The van der Waals surface area contributed by atoms with Gasteiger partial charge in [0.1, 0.15) is 11.5 Å². The minimum atomic E-state index is -0.864. The molecule has 1 aliphatic rings. The van der Waals surface area contributed by atoms with Gasteiger partial charge in [-0.15, -0.1) is 0 Å². The fraction of sp³-hybridized carbons (Fsp3) is 0.333. The van der Waals surface area contributed by atoms with E-state index in [2.05, 4.69) is 17.0 Å². The van der Waals surface area contributed by atoms with Gasteiger partial charge in [-0.25, -0.2) is 4.79 Å². The standard InChI is InChI=1S/C30H33N3O5/c1-37-25-9-7-21(8-10-25)13-16-32-28-17-26(38-2)11-12-27(28)29(35)33(30(32)36)20-24(34)19-31-15-14-22-5-3-4-6-23(22)18-31/h3-12,17,24,34H,13-16,18-20H2,1-2H3. The van der Waals surface area contributed by atoms with E-state index in [1.165, 1.54) is 15.7 Å². The van der Waals surface area contributed by atoms with Crippen molar-refractivity contribution in [1.29, 1.82) is 0 Å². The number of benzene rings is 3. The van der Waals surface area contributed by atoms with Crippen molar-refractivity contribution < 1.29 is 14.6 Å². The lowest BCUT2D eigenvalue weighted by atomic mass is 10.00. The lowest BCUT2D eigenvalue weighted by Gasteiger charge is -2.30. The summed E-state index contributed by atoms with van der Waals surface area (Å²) in [5, 5.41) is 11.4. The Morgan fingerprint density at radius 2 is 1.58 bits per heavy atom. The SMILES string of the molecule is COc1ccc(CCn2c(=O)n(CC(O)CN3CCc4ccccc4C3)c(=O)c3ccc(OC)cc32)cc1. The van der Waals surface area contributed by atoms with E-state index in [0.29, 0.717) is 36.2 Å². The normalized spacial score (nSPS) is 14.3. The molecule has 2 heterocycles. The molecule has 38 heavy (non-hydrogen) atoms. The van der Waals surface area contributed by atoms with E-state index in [1.807, 2.05) is 36.4 Å². The van der Waals surface area contributed by atoms with Gasteiger partial charge in [-0.05, 0) is 53.8 Å². The number of aromatic nitrogens is 2. The van der Waals surface area contributed by atoms with Gasteiger partial charge in [0.05, 0.1) is 37.8 Å². The summed E-state index contributed by atoms with van der Waals surface area (Å²) in [7, 11) is 3.17. The fourth-order valence-electron chi connectivity index (χ4n) is 5.21. The van der Waals surface area contributed by atoms with Gasteiger partial charge in [0.15, 0.2) is 0 Å². The van der Waals surface area contributed by atoms with Crippen molar-refractivity contribution in [3.8, 4) is 11.5 Å². The first-order valence-corrected chi connectivity index (χ1v) is 12.9. The maximum Gasteiger partial charge on any atom is 0.331 e. The molecule has 198 valence electrons. The zero-order valence-electron chi connectivity index (χ0n) is 21.8. The average Bonchev–Trinajstić information content (AvgIpc) is 2.95. The molecule has 8 nitrogen and oxygen atoms in total. The van der Waals surface area contributed by atoms with E-state index in [4.69, 9.17) is 9.47 Å². The molecule has 1 aromatic heterocycles. The molecular weight excluding hydrogens is 482 g/mol. The van der Waals surface area contributed by atoms with E-state index < -0.39 is 17.4 Å². The smallest absolute Gasteiger partial charge is 0.331 e. The molecule has 0 amide bonds. The van der Waals surface area contributed by atoms with Crippen molar-refractivity contribution in [2.24, 2.45) is 0 Å². The molecular formula is C30H33N3O5. The molecule has 1 unspecified atom stereocenters. The van der Waals surface area contributed by atoms with E-state index in [-0.39, 0.29) is 6.54 Å². The molecule has 0 bridgehead atoms. The monoisotopic (exact) mass is 515 g/mol. The van der Waals surface area contributed by atoms with Crippen LogP contribution in [0.2, 0.25) is 0 Å². The maximum atomic E-state index is 13.7. The lowest BCUT2D eigenvalue weighted by molar-refractivity contribution is 0.0897. The molecule has 0 aliphatic carbocycles. The zero-order valence-corrected chi connectivity index (χ0v) is 21.8. The van der Waals surface area contributed by atoms with Gasteiger partial charge in [-0.3, -0.25) is 18.8 Å². The van der Waals surface area contributed by atoms with Gasteiger partial charge in [-0.1, -0.05) is 36.4 Å². The first kappa shape index (κ1) is 25.8. The third-order valence-electron chi connectivity index (χ3n) is 7.29. The number of ether oxygens (including phenoxy) is 2. The van der Waals surface area contributed by atoms with Gasteiger partial charge >= 0.3 is 5.69 Å². The summed E-state index contributed by atoms with van der Waals surface area (Å²) in [6.07, 6.45) is 0.639. The number of fused-ring (bicyclic) bond motifs is 2. The second-order valence-electron chi connectivity index (χ2n) is 9.74. The van der Waals surface area contributed by atoms with Crippen LogP contribution < -0.4 is 20.7 Å². The van der Waals surface area contributed by atoms with E-state index in [1.54, 1.807) is 37.0 Å². The zero-order chi connectivity index (χ0) is 26.6. The van der Waals surface area contributed by atoms with E-state index in [9.17, 15) is 14.7 Å². The highest BCUT2D eigenvalue weighted by Gasteiger charge is 2.21. The number of nitrogens with zero attached hydrogens (tertiary/aromatic N) is 3. The highest BCUT2D eigenvalue weighted by molar-refractivity contribution is 5.79. The summed E-state index contributed by atoms with van der Waals surface area (Å²) >= 11 is 0. The average molecular weight is 516 g/mol. The Morgan fingerprint density at radius 1 is 0.868 bits per heavy atom. The molecule has 1 atom stereocenters. The van der Waals surface area contributed by atoms with E-state index >= 15 is 0 Å². The van der Waals surface area contributed by atoms with E-state index in [0.717, 1.165) is 30.8 Å². The summed E-state index contributed by atoms with van der Waals surface area (Å²) in [5.41, 5.74) is 3.30. The number of methoxy groups -OCH3 is 2. The van der Waals surface area contributed by atoms with Crippen LogP contribution in [0.25, 0.3) is 10.9 Å². The van der Waals surface area contributed by atoms with Crippen LogP contribution in [0.4, 0.5) is 0 Å². The third kappa shape index (κ3) is 5.37. The molecule has 0 spiro atoms. The largest absolute Gasteiger partial charge is 0.497 e. The number of aliphatic hydroxyl groups excluding tert-OH is 1. The summed E-state index contributed by atoms with van der Waals surface area (Å²) in [6, 6.07) is 21.1. The van der Waals surface area contributed by atoms with Crippen LogP contribution in [0.15, 0.2) is 76.3 Å². The van der Waals surface area contributed by atoms with Crippen LogP contribution >= 0.6 is 0 Å². The quantitative estimate of drug-likeness (QED) is 0.369. The van der Waals surface area contributed by atoms with Crippen LogP contribution in [0, 0.1) is 0 Å². The molecule has 1 aliphatic heterocycles. The number of hydrogen-bond donors (Lipinski definition) is 1.